The maximum atomic E-state index is 5.82. The van der Waals surface area contributed by atoms with Gasteiger partial charge in [0.1, 0.15) is 0 Å². The van der Waals surface area contributed by atoms with Crippen molar-refractivity contribution in [3.63, 3.8) is 0 Å². The fraction of sp³-hybridized carbons (Fsp3) is 0.583. The molecule has 0 radical (unpaired) electrons. The minimum absolute atomic E-state index is 0.301. The molecule has 0 spiro atoms. The van der Waals surface area contributed by atoms with Crippen LogP contribution in [0.15, 0.2) is 18.3 Å². The van der Waals surface area contributed by atoms with Gasteiger partial charge >= 0.3 is 0 Å². The third-order valence-electron chi connectivity index (χ3n) is 2.42. The Morgan fingerprint density at radius 3 is 2.57 bits per heavy atom. The summed E-state index contributed by atoms with van der Waals surface area (Å²) in [6.45, 7) is 6.40. The van der Waals surface area contributed by atoms with E-state index in [2.05, 4.69) is 31.8 Å². The number of ether oxygens (including phenoxy) is 1. The second kappa shape index (κ2) is 5.63. The smallest absolute Gasteiger partial charge is 0.216 e. The van der Waals surface area contributed by atoms with Gasteiger partial charge in [0.2, 0.25) is 5.88 Å². The van der Waals surface area contributed by atoms with Gasteiger partial charge < -0.3 is 4.74 Å². The highest BCUT2D eigenvalue weighted by atomic mass is 16.5. The van der Waals surface area contributed by atoms with Gasteiger partial charge in [-0.2, -0.15) is 0 Å². The summed E-state index contributed by atoms with van der Waals surface area (Å²) in [5.41, 5.74) is 1.19. The summed E-state index contributed by atoms with van der Waals surface area (Å²) >= 11 is 0. The van der Waals surface area contributed by atoms with Crippen LogP contribution in [0.4, 0.5) is 0 Å². The van der Waals surface area contributed by atoms with E-state index in [-0.39, 0.29) is 0 Å². The summed E-state index contributed by atoms with van der Waals surface area (Å²) in [6, 6.07) is 4.03. The molecule has 0 saturated carbocycles. The molecular weight excluding hydrogens is 174 g/mol. The van der Waals surface area contributed by atoms with Crippen LogP contribution < -0.4 is 4.74 Å². The third kappa shape index (κ3) is 2.72. The van der Waals surface area contributed by atoms with Gasteiger partial charge in [-0.3, -0.25) is 0 Å². The molecule has 0 saturated heterocycles. The maximum Gasteiger partial charge on any atom is 0.216 e. The van der Waals surface area contributed by atoms with E-state index in [0.717, 1.165) is 25.1 Å². The normalized spacial score (nSPS) is 10.6. The molecule has 0 bridgehead atoms. The Morgan fingerprint density at radius 2 is 2.00 bits per heavy atom. The molecule has 0 fully saturated rings. The van der Waals surface area contributed by atoms with Crippen LogP contribution in [0.25, 0.3) is 0 Å². The first-order chi connectivity index (χ1) is 6.81. The molecule has 2 nitrogen and oxygen atoms in total. The molecule has 0 amide bonds. The molecule has 0 aliphatic carbocycles. The zero-order chi connectivity index (χ0) is 10.4. The predicted molar refractivity (Wildman–Crippen MR) is 58.6 cm³/mol. The first-order valence-electron chi connectivity index (χ1n) is 5.42. The van der Waals surface area contributed by atoms with Gasteiger partial charge in [-0.1, -0.05) is 26.8 Å². The number of rotatable bonds is 5. The number of hydrogen-bond donors (Lipinski definition) is 0. The van der Waals surface area contributed by atoms with Crippen LogP contribution in [0.3, 0.4) is 0 Å². The third-order valence-corrected chi connectivity index (χ3v) is 2.42. The molecule has 1 rings (SSSR count). The quantitative estimate of drug-likeness (QED) is 0.716. The van der Waals surface area contributed by atoms with E-state index in [1.165, 1.54) is 5.56 Å². The Balaban J connectivity index is 2.74. The largest absolute Gasteiger partial charge is 0.474 e. The summed E-state index contributed by atoms with van der Waals surface area (Å²) in [5.74, 6) is 0.809. The maximum absolute atomic E-state index is 5.82. The highest BCUT2D eigenvalue weighted by Gasteiger charge is 2.08. The van der Waals surface area contributed by atoms with E-state index in [9.17, 15) is 0 Å². The van der Waals surface area contributed by atoms with Crippen LogP contribution in [0, 0.1) is 0 Å². The van der Waals surface area contributed by atoms with Gasteiger partial charge in [0, 0.05) is 11.8 Å². The van der Waals surface area contributed by atoms with Crippen molar-refractivity contribution in [3.05, 3.63) is 23.9 Å². The summed E-state index contributed by atoms with van der Waals surface area (Å²) in [6.07, 6.45) is 5.14. The van der Waals surface area contributed by atoms with Crippen molar-refractivity contribution in [1.29, 1.82) is 0 Å². The number of aryl methyl sites for hydroxylation is 1. The average Bonchev–Trinajstić information content (AvgIpc) is 2.26. The van der Waals surface area contributed by atoms with Crippen LogP contribution in [-0.4, -0.2) is 11.1 Å². The molecule has 14 heavy (non-hydrogen) atoms. The lowest BCUT2D eigenvalue weighted by molar-refractivity contribution is 0.183. The highest BCUT2D eigenvalue weighted by molar-refractivity contribution is 5.25. The lowest BCUT2D eigenvalue weighted by atomic mass is 10.2. The standard InChI is InChI=1S/C12H19NO/c1-4-10-8-7-9-13-12(10)14-11(5-2)6-3/h7-9,11H,4-6H2,1-3H3. The molecule has 78 valence electrons. The minimum atomic E-state index is 0.301. The first-order valence-corrected chi connectivity index (χ1v) is 5.42. The molecule has 0 aromatic carbocycles. The average molecular weight is 193 g/mol. The van der Waals surface area contributed by atoms with E-state index in [1.807, 2.05) is 6.07 Å². The van der Waals surface area contributed by atoms with Crippen molar-refractivity contribution in [1.82, 2.24) is 4.98 Å². The Hall–Kier alpha value is -1.05. The molecule has 0 N–H and O–H groups in total. The molecule has 0 aliphatic rings. The fourth-order valence-corrected chi connectivity index (χ4v) is 1.41. The van der Waals surface area contributed by atoms with Crippen molar-refractivity contribution in [2.45, 2.75) is 46.1 Å². The second-order valence-electron chi connectivity index (χ2n) is 3.38. The fourth-order valence-electron chi connectivity index (χ4n) is 1.41. The molecule has 0 aliphatic heterocycles. The summed E-state index contributed by atoms with van der Waals surface area (Å²) in [7, 11) is 0. The van der Waals surface area contributed by atoms with Gasteiger partial charge in [0.05, 0.1) is 6.10 Å². The summed E-state index contributed by atoms with van der Waals surface area (Å²) < 4.78 is 5.82. The Morgan fingerprint density at radius 1 is 1.29 bits per heavy atom. The van der Waals surface area contributed by atoms with E-state index < -0.39 is 0 Å². The second-order valence-corrected chi connectivity index (χ2v) is 3.38. The van der Waals surface area contributed by atoms with Gasteiger partial charge in [-0.25, -0.2) is 4.98 Å². The lowest BCUT2D eigenvalue weighted by Crippen LogP contribution is -2.15. The zero-order valence-electron chi connectivity index (χ0n) is 9.29. The molecular formula is C12H19NO. The van der Waals surface area contributed by atoms with Gasteiger partial charge in [0.25, 0.3) is 0 Å². The summed E-state index contributed by atoms with van der Waals surface area (Å²) in [5, 5.41) is 0. The van der Waals surface area contributed by atoms with Crippen molar-refractivity contribution >= 4 is 0 Å². The van der Waals surface area contributed by atoms with Crippen molar-refractivity contribution in [3.8, 4) is 5.88 Å². The van der Waals surface area contributed by atoms with Crippen molar-refractivity contribution in [2.75, 3.05) is 0 Å². The van der Waals surface area contributed by atoms with Crippen LogP contribution >= 0.6 is 0 Å². The number of aromatic nitrogens is 1. The van der Waals surface area contributed by atoms with Crippen LogP contribution in [0.5, 0.6) is 5.88 Å². The topological polar surface area (TPSA) is 22.1 Å². The lowest BCUT2D eigenvalue weighted by Gasteiger charge is -2.16. The minimum Gasteiger partial charge on any atom is -0.474 e. The van der Waals surface area contributed by atoms with Crippen LogP contribution in [-0.2, 0) is 6.42 Å². The highest BCUT2D eigenvalue weighted by Crippen LogP contribution is 2.18. The van der Waals surface area contributed by atoms with Gasteiger partial charge in [-0.05, 0) is 25.3 Å². The molecule has 1 aromatic heterocycles. The van der Waals surface area contributed by atoms with Crippen molar-refractivity contribution < 1.29 is 4.74 Å². The SMILES string of the molecule is CCc1cccnc1OC(CC)CC. The van der Waals surface area contributed by atoms with Gasteiger partial charge in [-0.15, -0.1) is 0 Å². The predicted octanol–water partition coefficient (Wildman–Crippen LogP) is 3.21. The first kappa shape index (κ1) is 11.0. The Kier molecular flexibility index (Phi) is 4.44. The monoisotopic (exact) mass is 193 g/mol. The number of pyridine rings is 1. The molecule has 0 atom stereocenters. The van der Waals surface area contributed by atoms with Gasteiger partial charge in [0.15, 0.2) is 0 Å². The molecule has 0 unspecified atom stereocenters. The van der Waals surface area contributed by atoms with E-state index in [0.29, 0.717) is 6.10 Å². The Labute approximate surface area is 86.3 Å². The van der Waals surface area contributed by atoms with Crippen LogP contribution in [0.2, 0.25) is 0 Å². The van der Waals surface area contributed by atoms with E-state index in [1.54, 1.807) is 6.20 Å². The number of hydrogen-bond acceptors (Lipinski definition) is 2. The van der Waals surface area contributed by atoms with E-state index in [4.69, 9.17) is 4.74 Å². The molecule has 1 aromatic rings. The Bertz CT molecular complexity index is 269. The van der Waals surface area contributed by atoms with Crippen molar-refractivity contribution in [2.24, 2.45) is 0 Å². The van der Waals surface area contributed by atoms with Crippen LogP contribution in [0.1, 0.15) is 39.2 Å². The summed E-state index contributed by atoms with van der Waals surface area (Å²) in [4.78, 5) is 4.26. The van der Waals surface area contributed by atoms with E-state index >= 15 is 0 Å². The molecule has 2 heteroatoms. The molecule has 1 heterocycles. The zero-order valence-corrected chi connectivity index (χ0v) is 9.29. The number of nitrogens with zero attached hydrogens (tertiary/aromatic N) is 1.